The minimum Gasteiger partial charge on any atom is -0.356 e. The second kappa shape index (κ2) is 10.6. The van der Waals surface area contributed by atoms with Crippen LogP contribution in [-0.2, 0) is 4.79 Å². The van der Waals surface area contributed by atoms with E-state index in [1.807, 2.05) is 29.3 Å². The zero-order valence-corrected chi connectivity index (χ0v) is 18.9. The van der Waals surface area contributed by atoms with E-state index in [-0.39, 0.29) is 5.91 Å². The van der Waals surface area contributed by atoms with Gasteiger partial charge in [0.2, 0.25) is 5.91 Å². The minimum absolute atomic E-state index is 0.203. The van der Waals surface area contributed by atoms with Crippen LogP contribution in [0.1, 0.15) is 46.0 Å². The number of hydrogen-bond acceptors (Lipinski definition) is 4. The lowest BCUT2D eigenvalue weighted by Gasteiger charge is -2.43. The van der Waals surface area contributed by atoms with E-state index in [9.17, 15) is 4.79 Å². The van der Waals surface area contributed by atoms with Crippen LogP contribution in [0.25, 0.3) is 0 Å². The van der Waals surface area contributed by atoms with Crippen molar-refractivity contribution < 1.29 is 4.79 Å². The lowest BCUT2D eigenvalue weighted by atomic mass is 9.64. The van der Waals surface area contributed by atoms with Crippen molar-refractivity contribution in [2.24, 2.45) is 16.3 Å². The average molecular weight is 415 g/mol. The van der Waals surface area contributed by atoms with Crippen LogP contribution in [0, 0.1) is 11.3 Å². The average Bonchev–Trinajstić information content (AvgIpc) is 2.74. The molecule has 0 atom stereocenters. The number of pyridine rings is 1. The van der Waals surface area contributed by atoms with E-state index in [0.717, 1.165) is 50.4 Å². The molecule has 2 heterocycles. The molecular formula is C23H38N6O. The van der Waals surface area contributed by atoms with Crippen LogP contribution in [0.2, 0.25) is 0 Å². The molecule has 1 aliphatic heterocycles. The van der Waals surface area contributed by atoms with Crippen molar-refractivity contribution in [1.82, 2.24) is 20.5 Å². The Balaban J connectivity index is 1.35. The number of anilines is 1. The van der Waals surface area contributed by atoms with Gasteiger partial charge in [-0.05, 0) is 42.7 Å². The molecule has 7 nitrogen and oxygen atoms in total. The highest BCUT2D eigenvalue weighted by molar-refractivity contribution is 5.81. The molecule has 0 spiro atoms. The van der Waals surface area contributed by atoms with Crippen LogP contribution in [-0.4, -0.2) is 68.1 Å². The molecule has 2 N–H and O–H groups in total. The quantitative estimate of drug-likeness (QED) is 0.505. The molecule has 0 unspecified atom stereocenters. The van der Waals surface area contributed by atoms with E-state index in [0.29, 0.717) is 18.4 Å². The topological polar surface area (TPSA) is 72.9 Å². The molecule has 0 aromatic carbocycles. The van der Waals surface area contributed by atoms with E-state index >= 15 is 0 Å². The molecule has 7 heteroatoms. The number of nitrogens with zero attached hydrogens (tertiary/aromatic N) is 4. The molecule has 2 fully saturated rings. The van der Waals surface area contributed by atoms with Gasteiger partial charge in [0.15, 0.2) is 5.96 Å². The van der Waals surface area contributed by atoms with Crippen molar-refractivity contribution in [2.45, 2.75) is 46.0 Å². The minimum atomic E-state index is 0.203. The first-order chi connectivity index (χ1) is 14.5. The maximum absolute atomic E-state index is 12.6. The Bertz CT molecular complexity index is 693. The zero-order chi connectivity index (χ0) is 21.4. The van der Waals surface area contributed by atoms with Gasteiger partial charge in [-0.25, -0.2) is 4.98 Å². The van der Waals surface area contributed by atoms with Crippen LogP contribution < -0.4 is 15.5 Å². The summed E-state index contributed by atoms with van der Waals surface area (Å²) in [6, 6.07) is 5.95. The molecule has 1 saturated carbocycles. The number of rotatable bonds is 8. The summed E-state index contributed by atoms with van der Waals surface area (Å²) in [5, 5.41) is 6.81. The molecule has 1 amide bonds. The molecule has 166 valence electrons. The molecule has 2 aliphatic rings. The van der Waals surface area contributed by atoms with Gasteiger partial charge >= 0.3 is 0 Å². The number of aromatic nitrogens is 1. The van der Waals surface area contributed by atoms with Gasteiger partial charge in [0.05, 0.1) is 0 Å². The highest BCUT2D eigenvalue weighted by Gasteiger charge is 2.37. The molecule has 1 aromatic heterocycles. The van der Waals surface area contributed by atoms with Crippen molar-refractivity contribution in [3.8, 4) is 0 Å². The predicted molar refractivity (Wildman–Crippen MR) is 123 cm³/mol. The van der Waals surface area contributed by atoms with Crippen molar-refractivity contribution in [3.63, 3.8) is 0 Å². The summed E-state index contributed by atoms with van der Waals surface area (Å²) in [5.74, 6) is 2.72. The van der Waals surface area contributed by atoms with Gasteiger partial charge < -0.3 is 20.4 Å². The molecular weight excluding hydrogens is 376 g/mol. The highest BCUT2D eigenvalue weighted by Crippen LogP contribution is 2.45. The smallest absolute Gasteiger partial charge is 0.224 e. The number of carbonyl (C=O) groups is 1. The first-order valence-corrected chi connectivity index (χ1v) is 11.4. The summed E-state index contributed by atoms with van der Waals surface area (Å²) in [4.78, 5) is 25.5. The van der Waals surface area contributed by atoms with Gasteiger partial charge in [-0.3, -0.25) is 9.79 Å². The van der Waals surface area contributed by atoms with Crippen LogP contribution >= 0.6 is 0 Å². The Morgan fingerprint density at radius 1 is 1.20 bits per heavy atom. The fourth-order valence-corrected chi connectivity index (χ4v) is 4.66. The van der Waals surface area contributed by atoms with E-state index < -0.39 is 0 Å². The monoisotopic (exact) mass is 414 g/mol. The summed E-state index contributed by atoms with van der Waals surface area (Å²) in [5.41, 5.74) is 0.425. The lowest BCUT2D eigenvalue weighted by molar-refractivity contribution is -0.131. The Morgan fingerprint density at radius 2 is 1.97 bits per heavy atom. The summed E-state index contributed by atoms with van der Waals surface area (Å²) >= 11 is 0. The summed E-state index contributed by atoms with van der Waals surface area (Å²) in [6.07, 6.45) is 7.51. The van der Waals surface area contributed by atoms with Crippen LogP contribution in [0.15, 0.2) is 29.4 Å². The predicted octanol–water partition coefficient (Wildman–Crippen LogP) is 2.50. The molecule has 1 saturated heterocycles. The number of nitrogens with one attached hydrogen (secondary N) is 2. The molecule has 0 bridgehead atoms. The van der Waals surface area contributed by atoms with Gasteiger partial charge in [0.25, 0.3) is 0 Å². The Hall–Kier alpha value is -2.31. The normalized spacial score (nSPS) is 18.9. The third-order valence-electron chi connectivity index (χ3n) is 6.35. The summed E-state index contributed by atoms with van der Waals surface area (Å²) < 4.78 is 0. The number of carbonyl (C=O) groups excluding carboxylic acids is 1. The Labute approximate surface area is 181 Å². The first-order valence-electron chi connectivity index (χ1n) is 11.4. The third-order valence-corrected chi connectivity index (χ3v) is 6.35. The Morgan fingerprint density at radius 3 is 2.53 bits per heavy atom. The van der Waals surface area contributed by atoms with Crippen molar-refractivity contribution in [2.75, 3.05) is 51.2 Å². The van der Waals surface area contributed by atoms with Gasteiger partial charge in [-0.2, -0.15) is 0 Å². The van der Waals surface area contributed by atoms with Gasteiger partial charge in [-0.1, -0.05) is 26.3 Å². The number of amides is 1. The van der Waals surface area contributed by atoms with Crippen molar-refractivity contribution >= 4 is 17.7 Å². The van der Waals surface area contributed by atoms with Crippen LogP contribution in [0.3, 0.4) is 0 Å². The standard InChI is InChI=1S/C23H38N6O/c1-19(2)17-23(9-6-10-23)18-27-22(24-3)26-12-8-21(30)29-15-13-28(14-16-29)20-7-4-5-11-25-20/h4-5,7,11,19H,6,8-10,12-18H2,1-3H3,(H2,24,26,27). The Kier molecular flexibility index (Phi) is 7.94. The molecule has 0 radical (unpaired) electrons. The number of hydrogen-bond donors (Lipinski definition) is 2. The third kappa shape index (κ3) is 6.09. The second-order valence-corrected chi connectivity index (χ2v) is 9.11. The van der Waals surface area contributed by atoms with E-state index in [2.05, 4.69) is 39.4 Å². The fraction of sp³-hybridized carbons (Fsp3) is 0.696. The largest absolute Gasteiger partial charge is 0.356 e. The van der Waals surface area contributed by atoms with Gasteiger partial charge in [-0.15, -0.1) is 0 Å². The van der Waals surface area contributed by atoms with Crippen molar-refractivity contribution in [3.05, 3.63) is 24.4 Å². The zero-order valence-electron chi connectivity index (χ0n) is 18.9. The maximum Gasteiger partial charge on any atom is 0.224 e. The van der Waals surface area contributed by atoms with Crippen LogP contribution in [0.5, 0.6) is 0 Å². The van der Waals surface area contributed by atoms with Gasteiger partial charge in [0, 0.05) is 58.9 Å². The summed E-state index contributed by atoms with van der Waals surface area (Å²) in [7, 11) is 1.80. The fourth-order valence-electron chi connectivity index (χ4n) is 4.66. The lowest BCUT2D eigenvalue weighted by Crippen LogP contribution is -2.50. The molecule has 1 aliphatic carbocycles. The highest BCUT2D eigenvalue weighted by atomic mass is 16.2. The van der Waals surface area contributed by atoms with Gasteiger partial charge in [0.1, 0.15) is 5.82 Å². The SMILES string of the molecule is CN=C(NCCC(=O)N1CCN(c2ccccn2)CC1)NCC1(CC(C)C)CCC1. The van der Waals surface area contributed by atoms with E-state index in [1.165, 1.54) is 25.7 Å². The van der Waals surface area contributed by atoms with Crippen LogP contribution in [0.4, 0.5) is 5.82 Å². The molecule has 30 heavy (non-hydrogen) atoms. The molecule has 3 rings (SSSR count). The van der Waals surface area contributed by atoms with E-state index in [4.69, 9.17) is 0 Å². The maximum atomic E-state index is 12.6. The first kappa shape index (κ1) is 22.4. The summed E-state index contributed by atoms with van der Waals surface area (Å²) in [6.45, 7) is 9.34. The molecule has 1 aromatic rings. The van der Waals surface area contributed by atoms with Crippen molar-refractivity contribution in [1.29, 1.82) is 0 Å². The number of guanidine groups is 1. The number of aliphatic imine (C=N–C) groups is 1. The van der Waals surface area contributed by atoms with E-state index in [1.54, 1.807) is 7.05 Å². The second-order valence-electron chi connectivity index (χ2n) is 9.11. The number of piperazine rings is 1.